The average Bonchev–Trinajstić information content (AvgIpc) is 2.80. The highest BCUT2D eigenvalue weighted by atomic mass is 35.5. The number of ether oxygens (including phenoxy) is 1. The van der Waals surface area contributed by atoms with Crippen molar-refractivity contribution in [3.05, 3.63) is 57.1 Å². The topological polar surface area (TPSA) is 91.2 Å². The first-order valence-corrected chi connectivity index (χ1v) is 11.0. The molecule has 2 heterocycles. The van der Waals surface area contributed by atoms with Gasteiger partial charge in [-0.25, -0.2) is 0 Å². The SMILES string of the molecule is CN1CCN(c2ccc(Cl)cc2NC(=O)c2cc([N+](=O)[O-])ccc2N2CCOCC2)CC1. The number of nitro groups is 1. The summed E-state index contributed by atoms with van der Waals surface area (Å²) in [5.74, 6) is -0.409. The number of non-ortho nitro benzene ring substituents is 1. The van der Waals surface area contributed by atoms with E-state index >= 15 is 0 Å². The van der Waals surface area contributed by atoms with Crippen molar-refractivity contribution >= 4 is 40.3 Å². The van der Waals surface area contributed by atoms with Crippen molar-refractivity contribution in [1.29, 1.82) is 0 Å². The normalized spacial score (nSPS) is 17.3. The van der Waals surface area contributed by atoms with Gasteiger partial charge in [0, 0.05) is 56.4 Å². The molecular formula is C22H26ClN5O4. The first-order valence-electron chi connectivity index (χ1n) is 10.6. The third-order valence-electron chi connectivity index (χ3n) is 5.84. The summed E-state index contributed by atoms with van der Waals surface area (Å²) in [4.78, 5) is 30.7. The van der Waals surface area contributed by atoms with Crippen LogP contribution in [0.2, 0.25) is 5.02 Å². The number of hydrogen-bond donors (Lipinski definition) is 1. The van der Waals surface area contributed by atoms with Gasteiger partial charge >= 0.3 is 0 Å². The van der Waals surface area contributed by atoms with Gasteiger partial charge in [-0.15, -0.1) is 0 Å². The van der Waals surface area contributed by atoms with E-state index in [9.17, 15) is 14.9 Å². The Hall–Kier alpha value is -2.88. The fourth-order valence-corrected chi connectivity index (χ4v) is 4.19. The van der Waals surface area contributed by atoms with E-state index in [1.807, 2.05) is 11.0 Å². The number of hydrogen-bond acceptors (Lipinski definition) is 7. The maximum absolute atomic E-state index is 13.4. The monoisotopic (exact) mass is 459 g/mol. The second kappa shape index (κ2) is 9.72. The fraction of sp³-hybridized carbons (Fsp3) is 0.409. The number of amides is 1. The number of carbonyl (C=O) groups excluding carboxylic acids is 1. The molecule has 2 aliphatic heterocycles. The molecule has 170 valence electrons. The Labute approximate surface area is 191 Å². The number of morpholine rings is 1. The molecule has 2 aromatic rings. The third-order valence-corrected chi connectivity index (χ3v) is 6.07. The van der Waals surface area contributed by atoms with Crippen LogP contribution in [0.25, 0.3) is 0 Å². The van der Waals surface area contributed by atoms with Crippen molar-refractivity contribution in [2.75, 3.05) is 74.6 Å². The Morgan fingerprint density at radius 3 is 2.34 bits per heavy atom. The molecule has 0 spiro atoms. The van der Waals surface area contributed by atoms with Gasteiger partial charge in [-0.05, 0) is 31.3 Å². The Balaban J connectivity index is 1.65. The van der Waals surface area contributed by atoms with Gasteiger partial charge in [0.05, 0.1) is 40.8 Å². The van der Waals surface area contributed by atoms with Crippen molar-refractivity contribution in [3.8, 4) is 0 Å². The summed E-state index contributed by atoms with van der Waals surface area (Å²) < 4.78 is 5.41. The number of nitrogens with one attached hydrogen (secondary N) is 1. The van der Waals surface area contributed by atoms with Crippen LogP contribution in [0, 0.1) is 10.1 Å². The minimum Gasteiger partial charge on any atom is -0.378 e. The number of halogens is 1. The Bertz CT molecular complexity index is 1000. The predicted molar refractivity (Wildman–Crippen MR) is 125 cm³/mol. The zero-order valence-corrected chi connectivity index (χ0v) is 18.7. The smallest absolute Gasteiger partial charge is 0.270 e. The maximum atomic E-state index is 13.4. The highest BCUT2D eigenvalue weighted by Crippen LogP contribution is 2.32. The van der Waals surface area contributed by atoms with Crippen LogP contribution in [0.5, 0.6) is 0 Å². The summed E-state index contributed by atoms with van der Waals surface area (Å²) in [6.07, 6.45) is 0. The molecule has 0 aliphatic carbocycles. The van der Waals surface area contributed by atoms with Gasteiger partial charge in [0.1, 0.15) is 0 Å². The van der Waals surface area contributed by atoms with Crippen LogP contribution < -0.4 is 15.1 Å². The molecule has 4 rings (SSSR count). The Morgan fingerprint density at radius 2 is 1.66 bits per heavy atom. The zero-order chi connectivity index (χ0) is 22.7. The number of carbonyl (C=O) groups is 1. The van der Waals surface area contributed by atoms with Gasteiger partial charge in [-0.2, -0.15) is 0 Å². The second-order valence-corrected chi connectivity index (χ2v) is 8.40. The highest BCUT2D eigenvalue weighted by molar-refractivity contribution is 6.31. The minimum atomic E-state index is -0.491. The van der Waals surface area contributed by atoms with Gasteiger partial charge in [-0.1, -0.05) is 11.6 Å². The van der Waals surface area contributed by atoms with Crippen molar-refractivity contribution in [2.45, 2.75) is 0 Å². The van der Waals surface area contributed by atoms with E-state index in [0.29, 0.717) is 42.7 Å². The van der Waals surface area contributed by atoms with E-state index < -0.39 is 10.8 Å². The lowest BCUT2D eigenvalue weighted by molar-refractivity contribution is -0.384. The molecule has 10 heteroatoms. The minimum absolute atomic E-state index is 0.127. The van der Waals surface area contributed by atoms with Crippen molar-refractivity contribution in [1.82, 2.24) is 4.90 Å². The number of anilines is 3. The quantitative estimate of drug-likeness (QED) is 0.542. The van der Waals surface area contributed by atoms with E-state index in [1.165, 1.54) is 12.1 Å². The van der Waals surface area contributed by atoms with E-state index in [4.69, 9.17) is 16.3 Å². The zero-order valence-electron chi connectivity index (χ0n) is 17.9. The Kier molecular flexibility index (Phi) is 6.78. The molecule has 0 atom stereocenters. The number of likely N-dealkylation sites (N-methyl/N-ethyl adjacent to an activating group) is 1. The first-order chi connectivity index (χ1) is 15.4. The summed E-state index contributed by atoms with van der Waals surface area (Å²) in [7, 11) is 2.08. The predicted octanol–water partition coefficient (Wildman–Crippen LogP) is 3.09. The second-order valence-electron chi connectivity index (χ2n) is 7.96. The van der Waals surface area contributed by atoms with E-state index in [-0.39, 0.29) is 11.3 Å². The van der Waals surface area contributed by atoms with Crippen LogP contribution in [0.1, 0.15) is 10.4 Å². The lowest BCUT2D eigenvalue weighted by Crippen LogP contribution is -2.44. The summed E-state index contributed by atoms with van der Waals surface area (Å²) in [5, 5.41) is 14.8. The lowest BCUT2D eigenvalue weighted by atomic mass is 10.1. The summed E-state index contributed by atoms with van der Waals surface area (Å²) in [6, 6.07) is 9.82. The number of rotatable bonds is 5. The van der Waals surface area contributed by atoms with Crippen LogP contribution in [0.3, 0.4) is 0 Å². The van der Waals surface area contributed by atoms with Crippen LogP contribution >= 0.6 is 11.6 Å². The van der Waals surface area contributed by atoms with Gasteiger partial charge < -0.3 is 24.8 Å². The maximum Gasteiger partial charge on any atom is 0.270 e. The molecule has 0 radical (unpaired) electrons. The van der Waals surface area contributed by atoms with Gasteiger partial charge in [-0.3, -0.25) is 14.9 Å². The third kappa shape index (κ3) is 4.95. The van der Waals surface area contributed by atoms with Crippen LogP contribution in [-0.4, -0.2) is 75.3 Å². The molecule has 0 unspecified atom stereocenters. The van der Waals surface area contributed by atoms with Gasteiger partial charge in [0.15, 0.2) is 0 Å². The molecule has 2 aliphatic rings. The first kappa shape index (κ1) is 22.3. The lowest BCUT2D eigenvalue weighted by Gasteiger charge is -2.35. The van der Waals surface area contributed by atoms with E-state index in [2.05, 4.69) is 22.2 Å². The van der Waals surface area contributed by atoms with Crippen LogP contribution in [0.15, 0.2) is 36.4 Å². The Morgan fingerprint density at radius 1 is 1.00 bits per heavy atom. The molecule has 2 aromatic carbocycles. The molecule has 32 heavy (non-hydrogen) atoms. The molecule has 0 saturated carbocycles. The number of piperazine rings is 1. The summed E-state index contributed by atoms with van der Waals surface area (Å²) >= 11 is 6.24. The standard InChI is InChI=1S/C22H26ClN5O4/c1-25-6-8-26(9-7-25)21-4-2-16(23)14-19(21)24-22(29)18-15-17(28(30)31)3-5-20(18)27-10-12-32-13-11-27/h2-5,14-15H,6-13H2,1H3,(H,24,29). The molecule has 1 N–H and O–H groups in total. The molecular weight excluding hydrogens is 434 g/mol. The number of nitro benzene ring substituents is 1. The molecule has 1 amide bonds. The van der Waals surface area contributed by atoms with E-state index in [1.54, 1.807) is 18.2 Å². The highest BCUT2D eigenvalue weighted by Gasteiger charge is 2.24. The average molecular weight is 460 g/mol. The van der Waals surface area contributed by atoms with Crippen LogP contribution in [-0.2, 0) is 4.74 Å². The summed E-state index contributed by atoms with van der Waals surface area (Å²) in [5.41, 5.74) is 2.25. The number of nitrogens with zero attached hydrogens (tertiary/aromatic N) is 4. The van der Waals surface area contributed by atoms with Gasteiger partial charge in [0.2, 0.25) is 0 Å². The number of benzene rings is 2. The fourth-order valence-electron chi connectivity index (χ4n) is 4.02. The van der Waals surface area contributed by atoms with Crippen molar-refractivity contribution in [2.24, 2.45) is 0 Å². The van der Waals surface area contributed by atoms with E-state index in [0.717, 1.165) is 31.9 Å². The molecule has 0 aromatic heterocycles. The molecule has 2 saturated heterocycles. The largest absolute Gasteiger partial charge is 0.378 e. The van der Waals surface area contributed by atoms with Crippen molar-refractivity contribution < 1.29 is 14.5 Å². The summed E-state index contributed by atoms with van der Waals surface area (Å²) in [6.45, 7) is 5.81. The molecule has 0 bridgehead atoms. The van der Waals surface area contributed by atoms with Crippen molar-refractivity contribution in [3.63, 3.8) is 0 Å². The van der Waals surface area contributed by atoms with Gasteiger partial charge in [0.25, 0.3) is 11.6 Å². The molecule has 2 fully saturated rings. The van der Waals surface area contributed by atoms with Crippen LogP contribution in [0.4, 0.5) is 22.7 Å². The molecule has 9 nitrogen and oxygen atoms in total.